The third kappa shape index (κ3) is 6.23. The van der Waals surface area contributed by atoms with E-state index < -0.39 is 13.7 Å². The van der Waals surface area contributed by atoms with Gasteiger partial charge in [0.25, 0.3) is 0 Å². The van der Waals surface area contributed by atoms with Gasteiger partial charge in [-0.15, -0.1) is 0 Å². The van der Waals surface area contributed by atoms with E-state index in [2.05, 4.69) is 15.3 Å². The highest BCUT2D eigenvalue weighted by molar-refractivity contribution is 7.51. The molecule has 0 aromatic carbocycles. The topological polar surface area (TPSA) is 125 Å². The van der Waals surface area contributed by atoms with Gasteiger partial charge in [-0.25, -0.2) is 15.1 Å². The molecule has 0 radical (unpaired) electrons. The van der Waals surface area contributed by atoms with Crippen molar-refractivity contribution in [1.82, 2.24) is 4.90 Å². The monoisotopic (exact) mass is 211 g/mol. The van der Waals surface area contributed by atoms with Gasteiger partial charge in [0.15, 0.2) is 0 Å². The van der Waals surface area contributed by atoms with Crippen molar-refractivity contribution in [2.24, 2.45) is 10.7 Å². The van der Waals surface area contributed by atoms with Gasteiger partial charge in [0.2, 0.25) is 0 Å². The van der Waals surface area contributed by atoms with Crippen LogP contribution < -0.4 is 5.90 Å². The summed E-state index contributed by atoms with van der Waals surface area (Å²) in [5, 5.41) is 8.28. The Hall–Kier alpha value is -0.950. The summed E-state index contributed by atoms with van der Waals surface area (Å²) in [4.78, 5) is 19.8. The molecule has 0 amide bonds. The lowest BCUT2D eigenvalue weighted by atomic mass is 10.6. The zero-order chi connectivity index (χ0) is 10.5. The van der Waals surface area contributed by atoms with E-state index >= 15 is 0 Å². The molecule has 13 heavy (non-hydrogen) atoms. The minimum absolute atomic E-state index is 0.339. The summed E-state index contributed by atoms with van der Waals surface area (Å²) in [6, 6.07) is 0. The van der Waals surface area contributed by atoms with Crippen LogP contribution in [0.3, 0.4) is 0 Å². The van der Waals surface area contributed by atoms with E-state index in [9.17, 15) is 9.36 Å². The Balaban J connectivity index is 4.12. The van der Waals surface area contributed by atoms with Crippen LogP contribution >= 0.6 is 7.75 Å². The summed E-state index contributed by atoms with van der Waals surface area (Å²) >= 11 is 0. The summed E-state index contributed by atoms with van der Waals surface area (Å²) in [7, 11) is -2.79. The molecule has 0 heterocycles. The van der Waals surface area contributed by atoms with E-state index in [4.69, 9.17) is 10.00 Å². The van der Waals surface area contributed by atoms with Crippen LogP contribution in [-0.2, 0) is 14.0 Å². The molecule has 9 heteroatoms. The quantitative estimate of drug-likeness (QED) is 0.231. The molecular formula is C4H10N3O5P. The van der Waals surface area contributed by atoms with Crippen LogP contribution in [0.2, 0.25) is 0 Å². The van der Waals surface area contributed by atoms with Crippen molar-refractivity contribution in [1.29, 1.82) is 0 Å². The van der Waals surface area contributed by atoms with Crippen molar-refractivity contribution in [3.05, 3.63) is 0 Å². The first-order chi connectivity index (χ1) is 5.87. The van der Waals surface area contributed by atoms with Gasteiger partial charge in [-0.2, -0.15) is 4.76 Å². The highest BCUT2D eigenvalue weighted by atomic mass is 31.2. The molecule has 0 saturated carbocycles. The minimum Gasteiger partial charge on any atom is -0.480 e. The zero-order valence-electron chi connectivity index (χ0n) is 6.82. The SMILES string of the molecule is CN(C=NP(=O)(O)ON)CC(=O)O. The predicted octanol–water partition coefficient (Wildman–Crippen LogP) is -0.978. The van der Waals surface area contributed by atoms with Gasteiger partial charge in [-0.05, 0) is 0 Å². The summed E-state index contributed by atoms with van der Waals surface area (Å²) < 4.78 is 17.3. The number of carbonyl (C=O) groups is 1. The molecule has 8 nitrogen and oxygen atoms in total. The number of carboxylic acids is 1. The van der Waals surface area contributed by atoms with Crippen molar-refractivity contribution in [3.63, 3.8) is 0 Å². The summed E-state index contributed by atoms with van der Waals surface area (Å²) in [6.07, 6.45) is 0.863. The first-order valence-corrected chi connectivity index (χ1v) is 4.59. The second-order valence-electron chi connectivity index (χ2n) is 2.14. The summed E-state index contributed by atoms with van der Waals surface area (Å²) in [6.45, 7) is -0.339. The van der Waals surface area contributed by atoms with Gasteiger partial charge in [-0.1, -0.05) is 0 Å². The maximum absolute atomic E-state index is 10.6. The molecule has 0 aliphatic heterocycles. The van der Waals surface area contributed by atoms with Gasteiger partial charge in [0.1, 0.15) is 6.54 Å². The average Bonchev–Trinajstić information content (AvgIpc) is 2.00. The lowest BCUT2D eigenvalue weighted by Gasteiger charge is -2.09. The number of hydrogen-bond acceptors (Lipinski definition) is 4. The third-order valence-corrected chi connectivity index (χ3v) is 1.59. The van der Waals surface area contributed by atoms with E-state index in [1.165, 1.54) is 7.05 Å². The molecule has 0 spiro atoms. The van der Waals surface area contributed by atoms with Crippen LogP contribution in [0, 0.1) is 0 Å². The van der Waals surface area contributed by atoms with E-state index in [1.54, 1.807) is 0 Å². The van der Waals surface area contributed by atoms with Crippen LogP contribution in [-0.4, -0.2) is 40.8 Å². The molecule has 0 aliphatic rings. The van der Waals surface area contributed by atoms with Gasteiger partial charge in [0.05, 0.1) is 6.34 Å². The highest BCUT2D eigenvalue weighted by Gasteiger charge is 2.14. The molecule has 1 unspecified atom stereocenters. The van der Waals surface area contributed by atoms with E-state index in [0.717, 1.165) is 11.2 Å². The molecule has 0 saturated heterocycles. The Kier molecular flexibility index (Phi) is 4.57. The third-order valence-electron chi connectivity index (χ3n) is 0.917. The Morgan fingerprint density at radius 3 is 2.77 bits per heavy atom. The lowest BCUT2D eigenvalue weighted by molar-refractivity contribution is -0.137. The number of rotatable bonds is 5. The molecule has 0 bridgehead atoms. The van der Waals surface area contributed by atoms with Crippen LogP contribution in [0.4, 0.5) is 0 Å². The minimum atomic E-state index is -4.16. The Morgan fingerprint density at radius 1 is 1.85 bits per heavy atom. The first-order valence-electron chi connectivity index (χ1n) is 3.06. The van der Waals surface area contributed by atoms with Crippen molar-refractivity contribution in [2.75, 3.05) is 13.6 Å². The second-order valence-corrected chi connectivity index (χ2v) is 3.56. The van der Waals surface area contributed by atoms with Crippen LogP contribution in [0.5, 0.6) is 0 Å². The lowest BCUT2D eigenvalue weighted by Crippen LogP contribution is -2.24. The number of hydrogen-bond donors (Lipinski definition) is 3. The van der Waals surface area contributed by atoms with Gasteiger partial charge >= 0.3 is 13.7 Å². The van der Waals surface area contributed by atoms with E-state index in [1.807, 2.05) is 0 Å². The van der Waals surface area contributed by atoms with Crippen LogP contribution in [0.1, 0.15) is 0 Å². The molecule has 4 N–H and O–H groups in total. The standard InChI is InChI=1S/C4H10N3O5P/c1-7(2-4(8)9)3-6-13(10,11)12-5/h3H,2,5H2,1H3,(H,8,9)(H,10,11). The molecule has 0 aliphatic carbocycles. The predicted molar refractivity (Wildman–Crippen MR) is 43.9 cm³/mol. The first kappa shape index (κ1) is 12.0. The van der Waals surface area contributed by atoms with Crippen molar-refractivity contribution < 1.29 is 24.0 Å². The zero-order valence-corrected chi connectivity index (χ0v) is 7.72. The summed E-state index contributed by atoms with van der Waals surface area (Å²) in [5.74, 6) is 3.34. The second kappa shape index (κ2) is 4.93. The molecule has 0 aromatic heterocycles. The van der Waals surface area contributed by atoms with Gasteiger partial charge in [-0.3, -0.25) is 4.79 Å². The highest BCUT2D eigenvalue weighted by Crippen LogP contribution is 2.40. The van der Waals surface area contributed by atoms with Crippen molar-refractivity contribution in [2.45, 2.75) is 0 Å². The maximum Gasteiger partial charge on any atom is 0.468 e. The van der Waals surface area contributed by atoms with E-state index in [0.29, 0.717) is 0 Å². The molecule has 0 aromatic rings. The molecule has 0 rings (SSSR count). The Morgan fingerprint density at radius 2 is 2.38 bits per heavy atom. The fourth-order valence-corrected chi connectivity index (χ4v) is 0.796. The van der Waals surface area contributed by atoms with Crippen molar-refractivity contribution >= 4 is 20.1 Å². The van der Waals surface area contributed by atoms with Crippen LogP contribution in [0.15, 0.2) is 4.76 Å². The van der Waals surface area contributed by atoms with E-state index in [-0.39, 0.29) is 6.54 Å². The molecule has 1 atom stereocenters. The normalized spacial score (nSPS) is 15.6. The molecule has 0 fully saturated rings. The van der Waals surface area contributed by atoms with Crippen LogP contribution in [0.25, 0.3) is 0 Å². The average molecular weight is 211 g/mol. The van der Waals surface area contributed by atoms with Gasteiger partial charge in [0, 0.05) is 7.05 Å². The molecular weight excluding hydrogens is 201 g/mol. The largest absolute Gasteiger partial charge is 0.480 e. The fourth-order valence-electron chi connectivity index (χ4n) is 0.435. The number of nitrogens with two attached hydrogens (primary N) is 1. The number of nitrogens with zero attached hydrogens (tertiary/aromatic N) is 2. The number of aliphatic carboxylic acids is 1. The fraction of sp³-hybridized carbons (Fsp3) is 0.500. The number of likely N-dealkylation sites (N-methyl/N-ethyl adjacent to an activating group) is 1. The maximum atomic E-state index is 10.6. The summed E-state index contributed by atoms with van der Waals surface area (Å²) in [5.41, 5.74) is 0. The number of carboxylic acid groups (broad SMARTS) is 1. The Bertz CT molecular complexity index is 254. The van der Waals surface area contributed by atoms with Crippen molar-refractivity contribution in [3.8, 4) is 0 Å². The van der Waals surface area contributed by atoms with Gasteiger partial charge < -0.3 is 14.9 Å². The Labute approximate surface area is 74.2 Å². The molecule has 76 valence electrons. The smallest absolute Gasteiger partial charge is 0.468 e.